The third kappa shape index (κ3) is 7.91. The maximum Gasteiger partial charge on any atom is 0.261 e. The van der Waals surface area contributed by atoms with E-state index in [4.69, 9.17) is 0 Å². The zero-order valence-corrected chi connectivity index (χ0v) is 26.2. The lowest BCUT2D eigenvalue weighted by molar-refractivity contribution is -0.136. The first kappa shape index (κ1) is 31.8. The molecule has 2 aromatic carbocycles. The van der Waals surface area contributed by atoms with Gasteiger partial charge >= 0.3 is 0 Å². The molecule has 0 bridgehead atoms. The fourth-order valence-corrected chi connectivity index (χ4v) is 6.31. The SMILES string of the molecule is CC(C)C(CC(=O)N1CCC(O)(Cn2cnc3cc(NC(=O)CCN4CCN(C)CC4)ccc3c2=O)CC1)c1ccccc1.[HH]. The molecule has 1 unspecified atom stereocenters. The van der Waals surface area contributed by atoms with Crippen LogP contribution in [0.1, 0.15) is 52.4 Å². The van der Waals surface area contributed by atoms with Crippen molar-refractivity contribution in [3.05, 3.63) is 70.8 Å². The molecule has 2 fully saturated rings. The summed E-state index contributed by atoms with van der Waals surface area (Å²) in [5.41, 5.74) is 0.924. The quantitative estimate of drug-likeness (QED) is 0.365. The highest BCUT2D eigenvalue weighted by Gasteiger charge is 2.35. The van der Waals surface area contributed by atoms with Crippen LogP contribution in [0.25, 0.3) is 10.9 Å². The summed E-state index contributed by atoms with van der Waals surface area (Å²) in [4.78, 5) is 50.0. The van der Waals surface area contributed by atoms with Crippen molar-refractivity contribution in [1.82, 2.24) is 24.3 Å². The van der Waals surface area contributed by atoms with Crippen molar-refractivity contribution in [3.63, 3.8) is 0 Å². The summed E-state index contributed by atoms with van der Waals surface area (Å²) < 4.78 is 1.46. The Morgan fingerprint density at radius 3 is 2.41 bits per heavy atom. The van der Waals surface area contributed by atoms with Gasteiger partial charge < -0.3 is 25.1 Å². The predicted molar refractivity (Wildman–Crippen MR) is 175 cm³/mol. The van der Waals surface area contributed by atoms with Gasteiger partial charge in [0, 0.05) is 65.8 Å². The minimum absolute atomic E-state index is 0. The Labute approximate surface area is 261 Å². The molecule has 1 atom stereocenters. The summed E-state index contributed by atoms with van der Waals surface area (Å²) in [6.45, 7) is 9.97. The van der Waals surface area contributed by atoms with Crippen molar-refractivity contribution in [3.8, 4) is 0 Å². The molecule has 2 saturated heterocycles. The molecule has 0 radical (unpaired) electrons. The molecule has 2 amide bonds. The van der Waals surface area contributed by atoms with Gasteiger partial charge in [-0.05, 0) is 55.5 Å². The minimum Gasteiger partial charge on any atom is -0.388 e. The standard InChI is InChI=1S/C34H46N6O4.H2/c1-25(2)29(26-7-5-4-6-8-26)22-32(42)39-15-12-34(44,13-16-39)23-40-24-35-30-21-27(9-10-28(30)33(40)43)36-31(41)11-14-38-19-17-37(3)18-20-38;/h4-10,21,24-25,29,44H,11-20,22-23H2,1-3H3,(H,36,41);1H. The van der Waals surface area contributed by atoms with Crippen molar-refractivity contribution < 1.29 is 16.1 Å². The molecule has 2 aliphatic heterocycles. The van der Waals surface area contributed by atoms with E-state index < -0.39 is 5.60 Å². The maximum absolute atomic E-state index is 13.3. The number of hydrogen-bond donors (Lipinski definition) is 2. The number of nitrogens with zero attached hydrogens (tertiary/aromatic N) is 5. The van der Waals surface area contributed by atoms with E-state index in [9.17, 15) is 19.5 Å². The summed E-state index contributed by atoms with van der Waals surface area (Å²) in [6, 6.07) is 15.3. The number of nitrogens with one attached hydrogen (secondary N) is 1. The van der Waals surface area contributed by atoms with Gasteiger partial charge in [-0.1, -0.05) is 44.2 Å². The lowest BCUT2D eigenvalue weighted by atomic mass is 9.84. The van der Waals surface area contributed by atoms with Crippen LogP contribution in [0.2, 0.25) is 0 Å². The van der Waals surface area contributed by atoms with Crippen LogP contribution in [0.5, 0.6) is 0 Å². The van der Waals surface area contributed by atoms with Crippen molar-refractivity contribution in [2.45, 2.75) is 57.6 Å². The van der Waals surface area contributed by atoms with E-state index in [-0.39, 0.29) is 31.3 Å². The molecule has 2 N–H and O–H groups in total. The molecule has 0 spiro atoms. The molecular weight excluding hydrogens is 556 g/mol. The van der Waals surface area contributed by atoms with Gasteiger partial charge in [0.05, 0.1) is 29.4 Å². The van der Waals surface area contributed by atoms with Crippen molar-refractivity contribution in [2.24, 2.45) is 5.92 Å². The number of aliphatic hydroxyl groups is 1. The van der Waals surface area contributed by atoms with Crippen molar-refractivity contribution >= 4 is 28.4 Å². The molecule has 10 nitrogen and oxygen atoms in total. The largest absolute Gasteiger partial charge is 0.388 e. The number of fused-ring (bicyclic) bond motifs is 1. The third-order valence-corrected chi connectivity index (χ3v) is 9.30. The van der Waals surface area contributed by atoms with Crippen LogP contribution in [-0.2, 0) is 16.1 Å². The van der Waals surface area contributed by atoms with E-state index in [1.807, 2.05) is 23.1 Å². The average molecular weight is 605 g/mol. The first-order valence-electron chi connectivity index (χ1n) is 15.9. The lowest BCUT2D eigenvalue weighted by Gasteiger charge is -2.39. The van der Waals surface area contributed by atoms with Gasteiger partial charge in [0.15, 0.2) is 0 Å². The molecule has 3 aromatic rings. The van der Waals surface area contributed by atoms with E-state index in [1.54, 1.807) is 18.2 Å². The summed E-state index contributed by atoms with van der Waals surface area (Å²) in [5.74, 6) is 0.502. The first-order chi connectivity index (χ1) is 21.1. The summed E-state index contributed by atoms with van der Waals surface area (Å²) in [5, 5.41) is 14.8. The second kappa shape index (κ2) is 14.0. The van der Waals surface area contributed by atoms with Gasteiger partial charge in [0.2, 0.25) is 11.8 Å². The van der Waals surface area contributed by atoms with E-state index >= 15 is 0 Å². The molecule has 0 saturated carbocycles. The molecule has 238 valence electrons. The maximum atomic E-state index is 13.3. The fourth-order valence-electron chi connectivity index (χ4n) is 6.31. The van der Waals surface area contributed by atoms with Gasteiger partial charge in [-0.25, -0.2) is 4.98 Å². The average Bonchev–Trinajstić information content (AvgIpc) is 3.01. The number of benzene rings is 2. The smallest absolute Gasteiger partial charge is 0.261 e. The van der Waals surface area contributed by atoms with Crippen molar-refractivity contribution in [2.75, 3.05) is 58.2 Å². The highest BCUT2D eigenvalue weighted by atomic mass is 16.3. The molecule has 2 aliphatic rings. The van der Waals surface area contributed by atoms with Crippen LogP contribution >= 0.6 is 0 Å². The topological polar surface area (TPSA) is 111 Å². The van der Waals surface area contributed by atoms with Crippen molar-refractivity contribution in [1.29, 1.82) is 0 Å². The van der Waals surface area contributed by atoms with Crippen LogP contribution in [0, 0.1) is 5.92 Å². The van der Waals surface area contributed by atoms with Crippen LogP contribution in [0.15, 0.2) is 59.7 Å². The third-order valence-electron chi connectivity index (χ3n) is 9.30. The molecule has 10 heteroatoms. The Hall–Kier alpha value is -3.60. The normalized spacial score (nSPS) is 18.4. The van der Waals surface area contributed by atoms with Crippen LogP contribution < -0.4 is 10.9 Å². The predicted octanol–water partition coefficient (Wildman–Crippen LogP) is 3.40. The number of anilines is 1. The molecule has 3 heterocycles. The number of piperazine rings is 1. The fraction of sp³-hybridized carbons (Fsp3) is 0.529. The molecule has 5 rings (SSSR count). The number of carbonyl (C=O) groups excluding carboxylic acids is 2. The Morgan fingerprint density at radius 1 is 1.02 bits per heavy atom. The summed E-state index contributed by atoms with van der Waals surface area (Å²) >= 11 is 0. The van der Waals surface area contributed by atoms with Gasteiger partial charge in [0.25, 0.3) is 5.56 Å². The van der Waals surface area contributed by atoms with Gasteiger partial charge in [0.1, 0.15) is 0 Å². The summed E-state index contributed by atoms with van der Waals surface area (Å²) in [6.07, 6.45) is 3.09. The monoisotopic (exact) mass is 604 g/mol. The van der Waals surface area contributed by atoms with E-state index in [0.717, 1.165) is 32.7 Å². The Morgan fingerprint density at radius 2 is 1.73 bits per heavy atom. The Kier molecular flexibility index (Phi) is 10.1. The van der Waals surface area contributed by atoms with E-state index in [1.165, 1.54) is 16.5 Å². The van der Waals surface area contributed by atoms with Gasteiger partial charge in [-0.3, -0.25) is 19.0 Å². The van der Waals surface area contributed by atoms with Crippen LogP contribution in [0.4, 0.5) is 5.69 Å². The first-order valence-corrected chi connectivity index (χ1v) is 15.9. The molecule has 0 aliphatic carbocycles. The highest BCUT2D eigenvalue weighted by Crippen LogP contribution is 2.30. The second-order valence-electron chi connectivity index (χ2n) is 12.9. The van der Waals surface area contributed by atoms with Crippen LogP contribution in [-0.4, -0.2) is 99.6 Å². The van der Waals surface area contributed by atoms with E-state index in [0.29, 0.717) is 61.3 Å². The number of likely N-dealkylation sites (N-methyl/N-ethyl adjacent to an activating group) is 1. The number of piperidine rings is 1. The lowest BCUT2D eigenvalue weighted by Crippen LogP contribution is -2.50. The number of amides is 2. The van der Waals surface area contributed by atoms with Gasteiger partial charge in [-0.2, -0.15) is 0 Å². The number of rotatable bonds is 10. The zero-order chi connectivity index (χ0) is 31.3. The zero-order valence-electron chi connectivity index (χ0n) is 26.2. The second-order valence-corrected chi connectivity index (χ2v) is 12.9. The number of carbonyl (C=O) groups is 2. The van der Waals surface area contributed by atoms with Gasteiger partial charge in [-0.15, -0.1) is 0 Å². The molecule has 1 aromatic heterocycles. The number of hydrogen-bond acceptors (Lipinski definition) is 7. The van der Waals surface area contributed by atoms with Crippen LogP contribution in [0.3, 0.4) is 0 Å². The molecular formula is C34H48N6O4. The molecule has 44 heavy (non-hydrogen) atoms. The minimum atomic E-state index is -1.11. The summed E-state index contributed by atoms with van der Waals surface area (Å²) in [7, 11) is 2.11. The Bertz CT molecular complexity index is 1500. The Balaban J connectivity index is 0.00000461. The highest BCUT2D eigenvalue weighted by molar-refractivity contribution is 5.93. The number of aromatic nitrogens is 2. The van der Waals surface area contributed by atoms with E-state index in [2.05, 4.69) is 53.1 Å². The number of likely N-dealkylation sites (tertiary alicyclic amines) is 1.